The number of aryl methyl sites for hydroxylation is 1. The molecule has 0 saturated heterocycles. The van der Waals surface area contributed by atoms with Crippen molar-refractivity contribution < 1.29 is 4.57 Å². The highest BCUT2D eigenvalue weighted by molar-refractivity contribution is 6.09. The molecule has 0 bridgehead atoms. The Morgan fingerprint density at radius 2 is 1.11 bits per heavy atom. The maximum Gasteiger partial charge on any atom is 0.169 e. The van der Waals surface area contributed by atoms with Gasteiger partial charge in [0.15, 0.2) is 12.4 Å². The molecule has 2 aromatic heterocycles. The van der Waals surface area contributed by atoms with Crippen molar-refractivity contribution in [3.63, 3.8) is 0 Å². The predicted molar refractivity (Wildman–Crippen MR) is 159 cm³/mol. The molecule has 2 heteroatoms. The molecule has 2 nitrogen and oxygen atoms in total. The first kappa shape index (κ1) is 25.3. The summed E-state index contributed by atoms with van der Waals surface area (Å²) in [5, 5.41) is 2.66. The van der Waals surface area contributed by atoms with Crippen LogP contribution in [0.3, 0.4) is 0 Å². The van der Waals surface area contributed by atoms with Gasteiger partial charge in [0.25, 0.3) is 0 Å². The Kier molecular flexibility index (Phi) is 6.48. The summed E-state index contributed by atoms with van der Waals surface area (Å²) >= 11 is 0. The van der Waals surface area contributed by atoms with Gasteiger partial charge in [-0.05, 0) is 69.5 Å². The molecule has 0 atom stereocenters. The number of unbranched alkanes of at least 4 members (excludes halogenated alkanes) is 1. The molecular formula is C35H41N2+. The number of rotatable bonds is 5. The van der Waals surface area contributed by atoms with Crippen molar-refractivity contribution in [2.24, 2.45) is 0 Å². The molecule has 0 amide bonds. The van der Waals surface area contributed by atoms with Crippen LogP contribution in [0.4, 0.5) is 0 Å². The second-order valence-corrected chi connectivity index (χ2v) is 12.5. The second-order valence-electron chi connectivity index (χ2n) is 12.5. The van der Waals surface area contributed by atoms with Gasteiger partial charge in [0.05, 0.1) is 11.0 Å². The van der Waals surface area contributed by atoms with Crippen LogP contribution in [0.1, 0.15) is 72.4 Å². The van der Waals surface area contributed by atoms with E-state index in [2.05, 4.69) is 143 Å². The quantitative estimate of drug-likeness (QED) is 0.218. The number of hydrogen-bond acceptors (Lipinski definition) is 0. The van der Waals surface area contributed by atoms with Crippen molar-refractivity contribution in [1.82, 2.24) is 4.57 Å². The Morgan fingerprint density at radius 3 is 1.57 bits per heavy atom. The van der Waals surface area contributed by atoms with Crippen LogP contribution in [0.2, 0.25) is 0 Å². The van der Waals surface area contributed by atoms with Gasteiger partial charge in [0.2, 0.25) is 0 Å². The molecule has 2 heterocycles. The van der Waals surface area contributed by atoms with Crippen LogP contribution in [0, 0.1) is 0 Å². The third-order valence-corrected chi connectivity index (χ3v) is 7.62. The topological polar surface area (TPSA) is 8.81 Å². The fourth-order valence-electron chi connectivity index (χ4n) is 5.18. The molecule has 190 valence electrons. The lowest BCUT2D eigenvalue weighted by Gasteiger charge is -2.19. The molecule has 0 aliphatic heterocycles. The molecule has 0 N–H and O–H groups in total. The van der Waals surface area contributed by atoms with Gasteiger partial charge in [-0.3, -0.25) is 0 Å². The molecule has 5 rings (SSSR count). The van der Waals surface area contributed by atoms with Crippen LogP contribution in [0.15, 0.2) is 85.2 Å². The molecular weight excluding hydrogens is 448 g/mol. The third-order valence-electron chi connectivity index (χ3n) is 7.62. The lowest BCUT2D eigenvalue weighted by Crippen LogP contribution is -2.32. The number of benzene rings is 3. The zero-order valence-corrected chi connectivity index (χ0v) is 23.6. The second kappa shape index (κ2) is 9.49. The average Bonchev–Trinajstić information content (AvgIpc) is 3.20. The summed E-state index contributed by atoms with van der Waals surface area (Å²) in [7, 11) is 0. The highest BCUT2D eigenvalue weighted by Gasteiger charge is 2.20. The van der Waals surface area contributed by atoms with E-state index >= 15 is 0 Å². The molecule has 0 fully saturated rings. The van der Waals surface area contributed by atoms with E-state index in [1.54, 1.807) is 0 Å². The first-order valence-corrected chi connectivity index (χ1v) is 13.8. The number of pyridine rings is 1. The number of hydrogen-bond donors (Lipinski definition) is 0. The maximum atomic E-state index is 2.43. The number of fused-ring (bicyclic) bond motifs is 3. The van der Waals surface area contributed by atoms with Crippen LogP contribution in [-0.2, 0) is 17.4 Å². The van der Waals surface area contributed by atoms with Crippen LogP contribution in [0.5, 0.6) is 0 Å². The lowest BCUT2D eigenvalue weighted by molar-refractivity contribution is -0.697. The summed E-state index contributed by atoms with van der Waals surface area (Å²) in [4.78, 5) is 0. The summed E-state index contributed by atoms with van der Waals surface area (Å²) in [6.07, 6.45) is 6.83. The van der Waals surface area contributed by atoms with Crippen molar-refractivity contribution >= 4 is 21.8 Å². The van der Waals surface area contributed by atoms with Gasteiger partial charge in [-0.15, -0.1) is 0 Å². The van der Waals surface area contributed by atoms with E-state index in [1.807, 2.05) is 0 Å². The normalized spacial score (nSPS) is 12.5. The van der Waals surface area contributed by atoms with Gasteiger partial charge in [-0.25, -0.2) is 4.57 Å². The van der Waals surface area contributed by atoms with Gasteiger partial charge in [-0.2, -0.15) is 0 Å². The van der Waals surface area contributed by atoms with Gasteiger partial charge < -0.3 is 4.57 Å². The van der Waals surface area contributed by atoms with Crippen LogP contribution in [0.25, 0.3) is 38.6 Å². The van der Waals surface area contributed by atoms with Gasteiger partial charge in [-0.1, -0.05) is 79.2 Å². The van der Waals surface area contributed by atoms with E-state index < -0.39 is 0 Å². The molecule has 37 heavy (non-hydrogen) atoms. The minimum Gasteiger partial charge on any atom is -0.309 e. The number of aromatic nitrogens is 2. The first-order chi connectivity index (χ1) is 17.6. The van der Waals surface area contributed by atoms with Gasteiger partial charge >= 0.3 is 0 Å². The summed E-state index contributed by atoms with van der Waals surface area (Å²) in [5.41, 5.74) is 9.18. The van der Waals surface area contributed by atoms with Crippen LogP contribution in [-0.4, -0.2) is 4.57 Å². The van der Waals surface area contributed by atoms with Crippen molar-refractivity contribution in [3.05, 3.63) is 96.3 Å². The monoisotopic (exact) mass is 489 g/mol. The van der Waals surface area contributed by atoms with E-state index in [0.29, 0.717) is 0 Å². The Labute approximate surface area is 222 Å². The van der Waals surface area contributed by atoms with Crippen molar-refractivity contribution in [2.45, 2.75) is 78.7 Å². The Hall–Kier alpha value is -3.39. The summed E-state index contributed by atoms with van der Waals surface area (Å²) in [5.74, 6) is 0. The van der Waals surface area contributed by atoms with E-state index in [-0.39, 0.29) is 10.8 Å². The van der Waals surface area contributed by atoms with E-state index in [0.717, 1.165) is 6.54 Å². The fraction of sp³-hybridized carbons (Fsp3) is 0.343. The molecule has 3 aromatic carbocycles. The predicted octanol–water partition coefficient (Wildman–Crippen LogP) is 9.13. The van der Waals surface area contributed by atoms with Crippen LogP contribution >= 0.6 is 0 Å². The minimum atomic E-state index is 0.107. The van der Waals surface area contributed by atoms with Crippen molar-refractivity contribution in [3.8, 4) is 16.8 Å². The molecule has 0 spiro atoms. The van der Waals surface area contributed by atoms with E-state index in [9.17, 15) is 0 Å². The third kappa shape index (κ3) is 4.94. The van der Waals surface area contributed by atoms with Crippen molar-refractivity contribution in [2.75, 3.05) is 0 Å². The van der Waals surface area contributed by atoms with Gasteiger partial charge in [0, 0.05) is 35.0 Å². The molecule has 0 radical (unpaired) electrons. The fourth-order valence-corrected chi connectivity index (χ4v) is 5.18. The zero-order chi connectivity index (χ0) is 26.4. The Balaban J connectivity index is 1.62. The number of nitrogens with zero attached hydrogens (tertiary/aromatic N) is 2. The average molecular weight is 490 g/mol. The Bertz CT molecular complexity index is 1470. The lowest BCUT2D eigenvalue weighted by atomic mass is 9.85. The highest BCUT2D eigenvalue weighted by atomic mass is 15.0. The highest BCUT2D eigenvalue weighted by Crippen LogP contribution is 2.37. The van der Waals surface area contributed by atoms with Crippen molar-refractivity contribution in [1.29, 1.82) is 0 Å². The standard InChI is InChI=1S/C35H41N2/c1-8-9-20-36-21-18-26(19-22-36)25-10-14-29(15-11-25)37-32-16-12-27(34(2,3)4)23-30(32)31-24-28(35(5,6)7)13-17-33(31)37/h10-19,21-24H,8-9,20H2,1-7H3/q+1. The van der Waals surface area contributed by atoms with E-state index in [1.165, 1.54) is 62.6 Å². The zero-order valence-electron chi connectivity index (χ0n) is 23.6. The molecule has 5 aromatic rings. The molecule has 0 aliphatic rings. The summed E-state index contributed by atoms with van der Waals surface area (Å²) < 4.78 is 4.70. The summed E-state index contributed by atoms with van der Waals surface area (Å²) in [6, 6.07) is 27.5. The Morgan fingerprint density at radius 1 is 0.622 bits per heavy atom. The molecule has 0 aliphatic carbocycles. The smallest absolute Gasteiger partial charge is 0.169 e. The first-order valence-electron chi connectivity index (χ1n) is 13.8. The van der Waals surface area contributed by atoms with Gasteiger partial charge in [0.1, 0.15) is 6.54 Å². The maximum absolute atomic E-state index is 2.43. The molecule has 0 saturated carbocycles. The largest absolute Gasteiger partial charge is 0.309 e. The van der Waals surface area contributed by atoms with Crippen LogP contribution < -0.4 is 4.57 Å². The SMILES string of the molecule is CCCC[n+]1ccc(-c2ccc(-n3c4ccc(C(C)(C)C)cc4c4cc(C(C)(C)C)ccc43)cc2)cc1. The minimum absolute atomic E-state index is 0.107. The van der Waals surface area contributed by atoms with E-state index in [4.69, 9.17) is 0 Å². The summed E-state index contributed by atoms with van der Waals surface area (Å²) in [6.45, 7) is 17.1. The molecule has 0 unspecified atom stereocenters.